The van der Waals surface area contributed by atoms with Crippen LogP contribution in [0.25, 0.3) is 0 Å². The van der Waals surface area contributed by atoms with Crippen molar-refractivity contribution in [2.75, 3.05) is 50.5 Å². The van der Waals surface area contributed by atoms with Crippen molar-refractivity contribution in [2.45, 2.75) is 24.3 Å². The Kier molecular flexibility index (Phi) is 10.9. The molecule has 0 saturated carbocycles. The number of likely N-dealkylation sites (N-methyl/N-ethyl adjacent to an activating group) is 2. The first-order valence-corrected chi connectivity index (χ1v) is 8.91. The third-order valence-electron chi connectivity index (χ3n) is 3.07. The fourth-order valence-corrected chi connectivity index (χ4v) is 2.39. The summed E-state index contributed by atoms with van der Waals surface area (Å²) in [6.45, 7) is 1.41. The first kappa shape index (κ1) is 22.7. The highest BCUT2D eigenvalue weighted by molar-refractivity contribution is 7.80. The maximum absolute atomic E-state index is 14.7. The van der Waals surface area contributed by atoms with Gasteiger partial charge in [-0.15, -0.1) is 0 Å². The van der Waals surface area contributed by atoms with E-state index in [1.54, 1.807) is 14.0 Å². The van der Waals surface area contributed by atoms with Crippen LogP contribution in [0.15, 0.2) is 0 Å². The molecular formula is C12H27F3N4S3. The molecule has 10 heteroatoms. The molecule has 0 unspecified atom stereocenters. The number of hydrogen-bond acceptors (Lipinski definition) is 7. The van der Waals surface area contributed by atoms with Gasteiger partial charge in [0.1, 0.15) is 0 Å². The summed E-state index contributed by atoms with van der Waals surface area (Å²) in [5.74, 6) is -6.26. The smallest absolute Gasteiger partial charge is 0.183 e. The minimum absolute atomic E-state index is 0.0275. The Morgan fingerprint density at radius 3 is 1.41 bits per heavy atom. The molecular weight excluding hydrogens is 353 g/mol. The Hall–Kier alpha value is 0.680. The average Bonchev–Trinajstić information content (AvgIpc) is 2.52. The lowest BCUT2D eigenvalue weighted by atomic mass is 10.2. The summed E-state index contributed by atoms with van der Waals surface area (Å²) in [6.07, 6.45) is 0. The SMILES string of the molecule is CCN[C@](F)(CS)CN[C@@](F)(CS)CN[C@@](F)(CS)CNC. The van der Waals surface area contributed by atoms with Crippen LogP contribution in [-0.4, -0.2) is 67.9 Å². The summed E-state index contributed by atoms with van der Waals surface area (Å²) in [5, 5.41) is 10.2. The quantitative estimate of drug-likeness (QED) is 0.191. The number of nitrogens with one attached hydrogen (secondary N) is 4. The minimum Gasteiger partial charge on any atom is -0.315 e. The van der Waals surface area contributed by atoms with E-state index in [9.17, 15) is 13.2 Å². The number of hydrogen-bond donors (Lipinski definition) is 7. The molecule has 0 amide bonds. The minimum atomic E-state index is -2.06. The molecule has 4 nitrogen and oxygen atoms in total. The van der Waals surface area contributed by atoms with E-state index in [1.165, 1.54) is 0 Å². The molecule has 0 radical (unpaired) electrons. The fraction of sp³-hybridized carbons (Fsp3) is 1.00. The van der Waals surface area contributed by atoms with Crippen molar-refractivity contribution in [2.24, 2.45) is 0 Å². The third-order valence-corrected chi connectivity index (χ3v) is 4.58. The number of thiol groups is 3. The van der Waals surface area contributed by atoms with E-state index in [1.807, 2.05) is 0 Å². The molecule has 0 fully saturated rings. The molecule has 0 aliphatic rings. The van der Waals surface area contributed by atoms with Crippen LogP contribution in [0.3, 0.4) is 0 Å². The van der Waals surface area contributed by atoms with E-state index in [2.05, 4.69) is 59.2 Å². The molecule has 0 aromatic rings. The lowest BCUT2D eigenvalue weighted by Crippen LogP contribution is -2.62. The summed E-state index contributed by atoms with van der Waals surface area (Å²) in [7, 11) is 1.58. The number of rotatable bonds is 13. The van der Waals surface area contributed by atoms with Crippen molar-refractivity contribution in [3.8, 4) is 0 Å². The van der Waals surface area contributed by atoms with Crippen molar-refractivity contribution in [3.63, 3.8) is 0 Å². The second-order valence-corrected chi connectivity index (χ2v) is 6.09. The second kappa shape index (κ2) is 10.5. The molecule has 0 heterocycles. The lowest BCUT2D eigenvalue weighted by Gasteiger charge is -2.34. The van der Waals surface area contributed by atoms with Crippen molar-refractivity contribution in [1.29, 1.82) is 0 Å². The Labute approximate surface area is 147 Å². The van der Waals surface area contributed by atoms with Crippen molar-refractivity contribution < 1.29 is 13.2 Å². The van der Waals surface area contributed by atoms with E-state index < -0.39 is 17.4 Å². The maximum atomic E-state index is 14.7. The largest absolute Gasteiger partial charge is 0.315 e. The van der Waals surface area contributed by atoms with Gasteiger partial charge in [0.2, 0.25) is 0 Å². The van der Waals surface area contributed by atoms with Crippen LogP contribution in [0.1, 0.15) is 6.92 Å². The van der Waals surface area contributed by atoms with Crippen LogP contribution in [-0.2, 0) is 0 Å². The Morgan fingerprint density at radius 2 is 1.09 bits per heavy atom. The van der Waals surface area contributed by atoms with Crippen LogP contribution in [0.5, 0.6) is 0 Å². The van der Waals surface area contributed by atoms with E-state index in [4.69, 9.17) is 0 Å². The molecule has 22 heavy (non-hydrogen) atoms. The summed E-state index contributed by atoms with van der Waals surface area (Å²) in [5.41, 5.74) is 0. The van der Waals surface area contributed by atoms with E-state index in [-0.39, 0.29) is 36.9 Å². The molecule has 0 aliphatic heterocycles. The average molecular weight is 381 g/mol. The highest BCUT2D eigenvalue weighted by Crippen LogP contribution is 2.16. The van der Waals surface area contributed by atoms with E-state index in [0.717, 1.165) is 0 Å². The van der Waals surface area contributed by atoms with E-state index >= 15 is 0 Å². The Bertz CT molecular complexity index is 293. The Balaban J connectivity index is 4.63. The topological polar surface area (TPSA) is 48.1 Å². The van der Waals surface area contributed by atoms with Gasteiger partial charge >= 0.3 is 0 Å². The summed E-state index contributed by atoms with van der Waals surface area (Å²) >= 11 is 11.8. The molecule has 3 atom stereocenters. The van der Waals surface area contributed by atoms with Crippen LogP contribution in [0, 0.1) is 0 Å². The molecule has 0 bridgehead atoms. The summed E-state index contributed by atoms with van der Waals surface area (Å²) in [6, 6.07) is 0. The first-order valence-electron chi connectivity index (χ1n) is 7.01. The predicted molar refractivity (Wildman–Crippen MR) is 96.7 cm³/mol. The van der Waals surface area contributed by atoms with Crippen molar-refractivity contribution >= 4 is 37.9 Å². The van der Waals surface area contributed by atoms with Gasteiger partial charge in [-0.05, 0) is 13.6 Å². The van der Waals surface area contributed by atoms with Gasteiger partial charge in [-0.25, -0.2) is 13.2 Å². The molecule has 0 aromatic carbocycles. The standard InChI is InChI=1S/C12H27F3N4S3/c1-3-17-11(14,8-21)5-19-12(15,9-22)6-18-10(13,7-20)4-16-2/h16-22H,3-9H2,1-2H3/t10-,11+,12-/m1/s1. The van der Waals surface area contributed by atoms with Gasteiger partial charge < -0.3 is 5.32 Å². The van der Waals surface area contributed by atoms with Crippen LogP contribution >= 0.6 is 37.9 Å². The predicted octanol–water partition coefficient (Wildman–Crippen LogP) is 0.781. The second-order valence-electron chi connectivity index (χ2n) is 5.14. The highest BCUT2D eigenvalue weighted by Gasteiger charge is 2.37. The number of halogens is 3. The van der Waals surface area contributed by atoms with Gasteiger partial charge in [-0.3, -0.25) is 16.0 Å². The molecule has 0 aliphatic carbocycles. The van der Waals surface area contributed by atoms with E-state index in [0.29, 0.717) is 6.54 Å². The normalized spacial score (nSPS) is 20.2. The molecule has 0 aromatic heterocycles. The van der Waals surface area contributed by atoms with Gasteiger partial charge in [0.15, 0.2) is 17.4 Å². The van der Waals surface area contributed by atoms with Crippen molar-refractivity contribution in [1.82, 2.24) is 21.3 Å². The zero-order valence-corrected chi connectivity index (χ0v) is 15.6. The van der Waals surface area contributed by atoms with Crippen molar-refractivity contribution in [3.05, 3.63) is 0 Å². The lowest BCUT2D eigenvalue weighted by molar-refractivity contribution is 0.0574. The molecule has 4 N–H and O–H groups in total. The van der Waals surface area contributed by atoms with Gasteiger partial charge in [0.25, 0.3) is 0 Å². The summed E-state index contributed by atoms with van der Waals surface area (Å²) < 4.78 is 43.2. The zero-order chi connectivity index (χ0) is 17.3. The first-order chi connectivity index (χ1) is 10.2. The Morgan fingerprint density at radius 1 is 0.727 bits per heavy atom. The fourth-order valence-electron chi connectivity index (χ4n) is 1.72. The van der Waals surface area contributed by atoms with Gasteiger partial charge in [0, 0.05) is 36.9 Å². The van der Waals surface area contributed by atoms with Gasteiger partial charge in [0.05, 0.1) is 0 Å². The monoisotopic (exact) mass is 380 g/mol. The molecule has 0 saturated heterocycles. The van der Waals surface area contributed by atoms with Gasteiger partial charge in [-0.1, -0.05) is 6.92 Å². The third kappa shape index (κ3) is 7.98. The zero-order valence-electron chi connectivity index (χ0n) is 12.9. The van der Waals surface area contributed by atoms with Crippen LogP contribution < -0.4 is 21.3 Å². The summed E-state index contributed by atoms with van der Waals surface area (Å²) in [4.78, 5) is 0. The number of alkyl halides is 3. The van der Waals surface area contributed by atoms with Crippen LogP contribution in [0.4, 0.5) is 13.2 Å². The molecule has 134 valence electrons. The molecule has 0 spiro atoms. The maximum Gasteiger partial charge on any atom is 0.183 e. The van der Waals surface area contributed by atoms with Gasteiger partial charge in [-0.2, -0.15) is 37.9 Å². The molecule has 0 rings (SSSR count). The van der Waals surface area contributed by atoms with Crippen LogP contribution in [0.2, 0.25) is 0 Å². The highest BCUT2D eigenvalue weighted by atomic mass is 32.1.